The Kier molecular flexibility index (Phi) is 1.94. The summed E-state index contributed by atoms with van der Waals surface area (Å²) >= 11 is 0. The largest absolute Gasteiger partial charge is 0.469 e. The predicted molar refractivity (Wildman–Crippen MR) is 44.7 cm³/mol. The van der Waals surface area contributed by atoms with E-state index in [2.05, 4.69) is 10.2 Å². The van der Waals surface area contributed by atoms with Crippen LogP contribution < -0.4 is 0 Å². The smallest absolute Gasteiger partial charge is 0.104 e. The van der Waals surface area contributed by atoms with Crippen molar-refractivity contribution in [3.8, 4) is 0 Å². The molecular formula is C9H10N2O. The zero-order valence-electron chi connectivity index (χ0n) is 6.66. The van der Waals surface area contributed by atoms with Crippen LogP contribution >= 0.6 is 0 Å². The van der Waals surface area contributed by atoms with Crippen LogP contribution in [0.15, 0.2) is 35.1 Å². The normalized spacial score (nSPS) is 10.3. The first kappa shape index (κ1) is 7.16. The zero-order valence-corrected chi connectivity index (χ0v) is 6.66. The minimum atomic E-state index is 0.926. The summed E-state index contributed by atoms with van der Waals surface area (Å²) in [4.78, 5) is 0. The first-order valence-corrected chi connectivity index (χ1v) is 3.96. The van der Waals surface area contributed by atoms with Gasteiger partial charge in [0.25, 0.3) is 0 Å². The van der Waals surface area contributed by atoms with Crippen molar-refractivity contribution in [1.29, 1.82) is 0 Å². The lowest BCUT2D eigenvalue weighted by atomic mass is 10.2. The highest BCUT2D eigenvalue weighted by Gasteiger charge is 1.97. The molecule has 62 valence electrons. The standard InChI is InChI=1S/C9H10N2O/c1-2-9(12-7-1)4-3-8-5-6-10-11-8/h1-2,5-7H,3-4H2,(H,10,11). The van der Waals surface area contributed by atoms with E-state index in [1.54, 1.807) is 12.5 Å². The van der Waals surface area contributed by atoms with Gasteiger partial charge in [-0.1, -0.05) is 0 Å². The summed E-state index contributed by atoms with van der Waals surface area (Å²) in [7, 11) is 0. The summed E-state index contributed by atoms with van der Waals surface area (Å²) in [6, 6.07) is 5.86. The van der Waals surface area contributed by atoms with E-state index in [1.165, 1.54) is 0 Å². The molecule has 0 radical (unpaired) electrons. The van der Waals surface area contributed by atoms with Gasteiger partial charge in [-0.05, 0) is 24.6 Å². The summed E-state index contributed by atoms with van der Waals surface area (Å²) in [6.45, 7) is 0. The van der Waals surface area contributed by atoms with Gasteiger partial charge in [-0.3, -0.25) is 5.10 Å². The van der Waals surface area contributed by atoms with Gasteiger partial charge < -0.3 is 4.42 Å². The summed E-state index contributed by atoms with van der Waals surface area (Å²) in [5.74, 6) is 1.02. The molecule has 0 spiro atoms. The van der Waals surface area contributed by atoms with E-state index in [-0.39, 0.29) is 0 Å². The number of rotatable bonds is 3. The molecular weight excluding hydrogens is 152 g/mol. The Bertz CT molecular complexity index is 276. The number of furan rings is 1. The Morgan fingerprint density at radius 2 is 2.33 bits per heavy atom. The maximum absolute atomic E-state index is 5.20. The van der Waals surface area contributed by atoms with Crippen LogP contribution in [0.2, 0.25) is 0 Å². The van der Waals surface area contributed by atoms with Crippen molar-refractivity contribution >= 4 is 0 Å². The third kappa shape index (κ3) is 1.56. The van der Waals surface area contributed by atoms with Gasteiger partial charge in [0.15, 0.2) is 0 Å². The van der Waals surface area contributed by atoms with Gasteiger partial charge in [-0.25, -0.2) is 0 Å². The Labute approximate surface area is 70.4 Å². The average Bonchev–Trinajstić information content (AvgIpc) is 2.74. The van der Waals surface area contributed by atoms with E-state index in [1.807, 2.05) is 18.2 Å². The highest BCUT2D eigenvalue weighted by molar-refractivity contribution is 5.04. The molecule has 0 aliphatic rings. The average molecular weight is 162 g/mol. The van der Waals surface area contributed by atoms with E-state index in [0.29, 0.717) is 0 Å². The molecule has 2 aromatic rings. The fourth-order valence-electron chi connectivity index (χ4n) is 1.14. The van der Waals surface area contributed by atoms with Crippen LogP contribution in [-0.2, 0) is 12.8 Å². The molecule has 2 heterocycles. The molecule has 0 aromatic carbocycles. The first-order chi connectivity index (χ1) is 5.95. The molecule has 0 aliphatic heterocycles. The third-order valence-corrected chi connectivity index (χ3v) is 1.78. The first-order valence-electron chi connectivity index (χ1n) is 3.96. The van der Waals surface area contributed by atoms with Crippen molar-refractivity contribution in [2.45, 2.75) is 12.8 Å². The second-order valence-electron chi connectivity index (χ2n) is 2.66. The van der Waals surface area contributed by atoms with Crippen LogP contribution in [0.4, 0.5) is 0 Å². The minimum absolute atomic E-state index is 0.926. The Morgan fingerprint density at radius 1 is 1.33 bits per heavy atom. The summed E-state index contributed by atoms with van der Waals surface area (Å²) in [6.07, 6.45) is 5.34. The van der Waals surface area contributed by atoms with Gasteiger partial charge in [0, 0.05) is 18.3 Å². The number of hydrogen-bond donors (Lipinski definition) is 1. The fourth-order valence-corrected chi connectivity index (χ4v) is 1.14. The molecule has 0 amide bonds. The molecule has 0 unspecified atom stereocenters. The van der Waals surface area contributed by atoms with Gasteiger partial charge in [0.05, 0.1) is 6.26 Å². The van der Waals surface area contributed by atoms with Crippen LogP contribution in [0.1, 0.15) is 11.5 Å². The molecule has 0 saturated heterocycles. The van der Waals surface area contributed by atoms with Crippen LogP contribution in [0.3, 0.4) is 0 Å². The molecule has 2 aromatic heterocycles. The van der Waals surface area contributed by atoms with Gasteiger partial charge >= 0.3 is 0 Å². The maximum Gasteiger partial charge on any atom is 0.104 e. The van der Waals surface area contributed by atoms with E-state index in [9.17, 15) is 0 Å². The zero-order chi connectivity index (χ0) is 8.23. The number of aromatic amines is 1. The number of nitrogens with zero attached hydrogens (tertiary/aromatic N) is 1. The van der Waals surface area contributed by atoms with E-state index in [0.717, 1.165) is 24.3 Å². The number of H-pyrrole nitrogens is 1. The van der Waals surface area contributed by atoms with Crippen molar-refractivity contribution < 1.29 is 4.42 Å². The number of nitrogens with one attached hydrogen (secondary N) is 1. The van der Waals surface area contributed by atoms with Crippen LogP contribution in [-0.4, -0.2) is 10.2 Å². The molecule has 3 nitrogen and oxygen atoms in total. The molecule has 0 fully saturated rings. The molecule has 1 N–H and O–H groups in total. The van der Waals surface area contributed by atoms with Crippen molar-refractivity contribution in [2.24, 2.45) is 0 Å². The van der Waals surface area contributed by atoms with Gasteiger partial charge in [0.1, 0.15) is 5.76 Å². The van der Waals surface area contributed by atoms with Crippen LogP contribution in [0.25, 0.3) is 0 Å². The quantitative estimate of drug-likeness (QED) is 0.747. The van der Waals surface area contributed by atoms with E-state index < -0.39 is 0 Å². The number of aromatic nitrogens is 2. The van der Waals surface area contributed by atoms with Gasteiger partial charge in [-0.2, -0.15) is 5.10 Å². The Hall–Kier alpha value is -1.51. The monoisotopic (exact) mass is 162 g/mol. The third-order valence-electron chi connectivity index (χ3n) is 1.78. The lowest BCUT2D eigenvalue weighted by molar-refractivity contribution is 0.507. The van der Waals surface area contributed by atoms with Crippen LogP contribution in [0, 0.1) is 0 Å². The lowest BCUT2D eigenvalue weighted by Gasteiger charge is -1.93. The maximum atomic E-state index is 5.20. The summed E-state index contributed by atoms with van der Waals surface area (Å²) in [5.41, 5.74) is 1.14. The molecule has 0 aliphatic carbocycles. The molecule has 0 saturated carbocycles. The molecule has 3 heteroatoms. The van der Waals surface area contributed by atoms with Crippen LogP contribution in [0.5, 0.6) is 0 Å². The predicted octanol–water partition coefficient (Wildman–Crippen LogP) is 1.79. The van der Waals surface area contributed by atoms with Crippen molar-refractivity contribution in [1.82, 2.24) is 10.2 Å². The summed E-state index contributed by atoms with van der Waals surface area (Å²) in [5, 5.41) is 6.77. The summed E-state index contributed by atoms with van der Waals surface area (Å²) < 4.78 is 5.20. The highest BCUT2D eigenvalue weighted by Crippen LogP contribution is 2.04. The Balaban J connectivity index is 1.91. The molecule has 2 rings (SSSR count). The second-order valence-corrected chi connectivity index (χ2v) is 2.66. The molecule has 0 bridgehead atoms. The van der Waals surface area contributed by atoms with Crippen molar-refractivity contribution in [3.63, 3.8) is 0 Å². The van der Waals surface area contributed by atoms with Gasteiger partial charge in [0.2, 0.25) is 0 Å². The topological polar surface area (TPSA) is 41.8 Å². The second kappa shape index (κ2) is 3.26. The van der Waals surface area contributed by atoms with Crippen molar-refractivity contribution in [3.05, 3.63) is 42.1 Å². The van der Waals surface area contributed by atoms with E-state index in [4.69, 9.17) is 4.42 Å². The fraction of sp³-hybridized carbons (Fsp3) is 0.222. The number of hydrogen-bond acceptors (Lipinski definition) is 2. The van der Waals surface area contributed by atoms with Crippen molar-refractivity contribution in [2.75, 3.05) is 0 Å². The minimum Gasteiger partial charge on any atom is -0.469 e. The van der Waals surface area contributed by atoms with Gasteiger partial charge in [-0.15, -0.1) is 0 Å². The molecule has 12 heavy (non-hydrogen) atoms. The van der Waals surface area contributed by atoms with E-state index >= 15 is 0 Å². The SMILES string of the molecule is c1coc(CCc2ccn[nH]2)c1. The lowest BCUT2D eigenvalue weighted by Crippen LogP contribution is -1.89. The molecule has 0 atom stereocenters. The Morgan fingerprint density at radius 3 is 3.00 bits per heavy atom. The number of aryl methyl sites for hydroxylation is 2. The highest BCUT2D eigenvalue weighted by atomic mass is 16.3.